The lowest BCUT2D eigenvalue weighted by molar-refractivity contribution is 0.174. The van der Waals surface area contributed by atoms with Gasteiger partial charge < -0.3 is 14.0 Å². The zero-order valence-corrected chi connectivity index (χ0v) is 13.3. The first-order valence-corrected chi connectivity index (χ1v) is 7.72. The quantitative estimate of drug-likeness (QED) is 0.719. The fourth-order valence-electron chi connectivity index (χ4n) is 2.70. The second-order valence-electron chi connectivity index (χ2n) is 5.75. The zero-order valence-electron chi connectivity index (χ0n) is 13.3. The van der Waals surface area contributed by atoms with E-state index in [9.17, 15) is 0 Å². The van der Waals surface area contributed by atoms with Crippen molar-refractivity contribution in [1.29, 1.82) is 0 Å². The maximum atomic E-state index is 5.43. The van der Waals surface area contributed by atoms with E-state index < -0.39 is 0 Å². The molecule has 0 radical (unpaired) electrons. The van der Waals surface area contributed by atoms with Gasteiger partial charge in [-0.25, -0.2) is 0 Å². The summed E-state index contributed by atoms with van der Waals surface area (Å²) < 4.78 is 16.2. The molecule has 24 heavy (non-hydrogen) atoms. The number of hydrogen-bond donors (Lipinski definition) is 0. The van der Waals surface area contributed by atoms with E-state index in [1.165, 1.54) is 0 Å². The maximum Gasteiger partial charge on any atom is 0.231 e. The van der Waals surface area contributed by atoms with Crippen LogP contribution >= 0.6 is 0 Å². The minimum absolute atomic E-state index is 0.295. The molecule has 0 aliphatic carbocycles. The molecule has 4 rings (SSSR count). The first kappa shape index (κ1) is 14.7. The molecule has 1 aliphatic heterocycles. The summed E-state index contributed by atoms with van der Waals surface area (Å²) >= 11 is 0. The van der Waals surface area contributed by atoms with E-state index in [0.29, 0.717) is 13.3 Å². The van der Waals surface area contributed by atoms with Gasteiger partial charge in [0.2, 0.25) is 6.79 Å². The number of rotatable bonds is 5. The first-order chi connectivity index (χ1) is 11.8. The Balaban J connectivity index is 1.41. The number of fused-ring (bicyclic) bond motifs is 1. The van der Waals surface area contributed by atoms with Crippen LogP contribution in [0.5, 0.6) is 11.5 Å². The monoisotopic (exact) mass is 323 g/mol. The van der Waals surface area contributed by atoms with Gasteiger partial charge in [0.05, 0.1) is 12.2 Å². The summed E-state index contributed by atoms with van der Waals surface area (Å²) in [6, 6.07) is 13.7. The van der Waals surface area contributed by atoms with Crippen molar-refractivity contribution in [3.8, 4) is 22.9 Å². The molecule has 0 saturated heterocycles. The molecule has 0 N–H and O–H groups in total. The molecule has 1 aliphatic rings. The van der Waals surface area contributed by atoms with Crippen LogP contribution in [0.25, 0.3) is 11.4 Å². The first-order valence-electron chi connectivity index (χ1n) is 7.72. The molecule has 0 amide bonds. The second-order valence-corrected chi connectivity index (χ2v) is 5.75. The van der Waals surface area contributed by atoms with Crippen molar-refractivity contribution in [2.75, 3.05) is 13.8 Å². The highest BCUT2D eigenvalue weighted by molar-refractivity contribution is 5.53. The Hall–Kier alpha value is -2.86. The lowest BCUT2D eigenvalue weighted by Crippen LogP contribution is -2.16. The van der Waals surface area contributed by atoms with Crippen molar-refractivity contribution in [3.05, 3.63) is 60.0 Å². The number of nitrogens with zero attached hydrogens (tertiary/aromatic N) is 3. The van der Waals surface area contributed by atoms with Gasteiger partial charge in [-0.3, -0.25) is 9.88 Å². The lowest BCUT2D eigenvalue weighted by Gasteiger charge is -2.14. The summed E-state index contributed by atoms with van der Waals surface area (Å²) in [6.45, 7) is 1.73. The van der Waals surface area contributed by atoms with Crippen molar-refractivity contribution in [3.63, 3.8) is 0 Å². The van der Waals surface area contributed by atoms with E-state index in [1.807, 2.05) is 49.5 Å². The van der Waals surface area contributed by atoms with Gasteiger partial charge in [0, 0.05) is 18.8 Å². The Morgan fingerprint density at radius 1 is 1.00 bits per heavy atom. The summed E-state index contributed by atoms with van der Waals surface area (Å²) in [5.41, 5.74) is 2.72. The molecule has 6 heteroatoms. The summed E-state index contributed by atoms with van der Waals surface area (Å²) in [6.07, 6.45) is 1.75. The van der Waals surface area contributed by atoms with Gasteiger partial charge in [0.25, 0.3) is 0 Å². The third kappa shape index (κ3) is 3.09. The predicted octanol–water partition coefficient (Wildman–Crippen LogP) is 3.10. The van der Waals surface area contributed by atoms with Gasteiger partial charge in [-0.15, -0.1) is 0 Å². The highest BCUT2D eigenvalue weighted by Gasteiger charge is 2.15. The molecule has 6 nitrogen and oxygen atoms in total. The van der Waals surface area contributed by atoms with Crippen molar-refractivity contribution in [2.45, 2.75) is 13.1 Å². The SMILES string of the molecule is CN(Cc1ccc2c(c1)OCO2)Cc1cc(-c2ccccn2)no1. The summed E-state index contributed by atoms with van der Waals surface area (Å²) in [5.74, 6) is 2.41. The van der Waals surface area contributed by atoms with Gasteiger partial charge in [0.1, 0.15) is 5.69 Å². The van der Waals surface area contributed by atoms with Crippen LogP contribution in [0, 0.1) is 0 Å². The van der Waals surface area contributed by atoms with Crippen molar-refractivity contribution >= 4 is 0 Å². The minimum Gasteiger partial charge on any atom is -0.454 e. The highest BCUT2D eigenvalue weighted by atomic mass is 16.7. The molecule has 1 aromatic carbocycles. The molecule has 0 unspecified atom stereocenters. The smallest absolute Gasteiger partial charge is 0.231 e. The average molecular weight is 323 g/mol. The number of aromatic nitrogens is 2. The van der Waals surface area contributed by atoms with Crippen LogP contribution in [0.2, 0.25) is 0 Å². The molecule has 0 saturated carbocycles. The van der Waals surface area contributed by atoms with Crippen molar-refractivity contribution in [2.24, 2.45) is 0 Å². The van der Waals surface area contributed by atoms with E-state index >= 15 is 0 Å². The minimum atomic E-state index is 0.295. The van der Waals surface area contributed by atoms with E-state index in [2.05, 4.69) is 15.0 Å². The molecule has 3 aromatic rings. The number of ether oxygens (including phenoxy) is 2. The lowest BCUT2D eigenvalue weighted by atomic mass is 10.2. The molecule has 0 spiro atoms. The highest BCUT2D eigenvalue weighted by Crippen LogP contribution is 2.32. The maximum absolute atomic E-state index is 5.43. The van der Waals surface area contributed by atoms with E-state index in [-0.39, 0.29) is 0 Å². The molecule has 0 atom stereocenters. The Bertz CT molecular complexity index is 833. The predicted molar refractivity (Wildman–Crippen MR) is 87.5 cm³/mol. The second kappa shape index (κ2) is 6.33. The van der Waals surface area contributed by atoms with Crippen LogP contribution < -0.4 is 9.47 Å². The third-order valence-electron chi connectivity index (χ3n) is 3.80. The van der Waals surface area contributed by atoms with Gasteiger partial charge in [0.15, 0.2) is 17.3 Å². The van der Waals surface area contributed by atoms with E-state index in [1.54, 1.807) is 6.20 Å². The third-order valence-corrected chi connectivity index (χ3v) is 3.80. The van der Waals surface area contributed by atoms with Crippen molar-refractivity contribution < 1.29 is 14.0 Å². The van der Waals surface area contributed by atoms with Crippen molar-refractivity contribution in [1.82, 2.24) is 15.0 Å². The standard InChI is InChI=1S/C18H17N3O3/c1-21(10-13-5-6-17-18(8-13)23-12-22-17)11-14-9-16(20-24-14)15-4-2-3-7-19-15/h2-9H,10-12H2,1H3. The Morgan fingerprint density at radius 3 is 2.79 bits per heavy atom. The van der Waals surface area contributed by atoms with Gasteiger partial charge >= 0.3 is 0 Å². The number of benzene rings is 1. The van der Waals surface area contributed by atoms with Gasteiger partial charge in [-0.2, -0.15) is 0 Å². The van der Waals surface area contributed by atoms with Crippen LogP contribution in [0.3, 0.4) is 0 Å². The van der Waals surface area contributed by atoms with Crippen LogP contribution in [0.4, 0.5) is 0 Å². The number of pyridine rings is 1. The van der Waals surface area contributed by atoms with Gasteiger partial charge in [-0.05, 0) is 36.9 Å². The number of hydrogen-bond acceptors (Lipinski definition) is 6. The Kier molecular flexibility index (Phi) is 3.88. The van der Waals surface area contributed by atoms with Crippen LogP contribution in [-0.4, -0.2) is 28.9 Å². The molecule has 3 heterocycles. The molecule has 2 aromatic heterocycles. The molecule has 0 fully saturated rings. The largest absolute Gasteiger partial charge is 0.454 e. The topological polar surface area (TPSA) is 60.6 Å². The normalized spacial score (nSPS) is 12.8. The summed E-state index contributed by atoms with van der Waals surface area (Å²) in [4.78, 5) is 6.43. The summed E-state index contributed by atoms with van der Waals surface area (Å²) in [7, 11) is 2.04. The Morgan fingerprint density at radius 2 is 1.92 bits per heavy atom. The average Bonchev–Trinajstić information content (AvgIpc) is 3.24. The van der Waals surface area contributed by atoms with Crippen LogP contribution in [-0.2, 0) is 13.1 Å². The molecule has 122 valence electrons. The van der Waals surface area contributed by atoms with E-state index in [0.717, 1.165) is 40.8 Å². The molecule has 0 bridgehead atoms. The fraction of sp³-hybridized carbons (Fsp3) is 0.222. The zero-order chi connectivity index (χ0) is 16.4. The van der Waals surface area contributed by atoms with E-state index in [4.69, 9.17) is 14.0 Å². The van der Waals surface area contributed by atoms with Crippen LogP contribution in [0.1, 0.15) is 11.3 Å². The summed E-state index contributed by atoms with van der Waals surface area (Å²) in [5, 5.41) is 4.09. The van der Waals surface area contributed by atoms with Gasteiger partial charge in [-0.1, -0.05) is 17.3 Å². The molecular weight excluding hydrogens is 306 g/mol. The molecular formula is C18H17N3O3. The van der Waals surface area contributed by atoms with Crippen LogP contribution in [0.15, 0.2) is 53.2 Å². The fourth-order valence-corrected chi connectivity index (χ4v) is 2.70. The Labute approximate surface area is 139 Å².